The first-order chi connectivity index (χ1) is 17.0. The summed E-state index contributed by atoms with van der Waals surface area (Å²) in [5, 5.41) is 18.1. The molecular weight excluding hydrogens is 468 g/mol. The van der Waals surface area contributed by atoms with E-state index in [2.05, 4.69) is 41.0 Å². The summed E-state index contributed by atoms with van der Waals surface area (Å²) in [6, 6.07) is 7.33. The Morgan fingerprint density at radius 2 is 1.94 bits per heavy atom. The molecule has 0 radical (unpaired) electrons. The van der Waals surface area contributed by atoms with E-state index in [9.17, 15) is 9.59 Å². The van der Waals surface area contributed by atoms with Crippen molar-refractivity contribution in [2.75, 3.05) is 41.3 Å². The van der Waals surface area contributed by atoms with Gasteiger partial charge >= 0.3 is 0 Å². The van der Waals surface area contributed by atoms with E-state index >= 15 is 0 Å². The maximum absolute atomic E-state index is 12.8. The van der Waals surface area contributed by atoms with Crippen LogP contribution in [0.2, 0.25) is 0 Å². The van der Waals surface area contributed by atoms with Crippen molar-refractivity contribution in [3.05, 3.63) is 29.8 Å². The molecule has 1 saturated heterocycles. The van der Waals surface area contributed by atoms with Crippen molar-refractivity contribution in [1.82, 2.24) is 29.5 Å². The molecule has 2 amide bonds. The fraction of sp³-hybridized carbons (Fsp3) is 0.455. The van der Waals surface area contributed by atoms with Crippen molar-refractivity contribution in [3.8, 4) is 0 Å². The van der Waals surface area contributed by atoms with Crippen LogP contribution in [0.1, 0.15) is 32.3 Å². The van der Waals surface area contributed by atoms with Crippen LogP contribution in [-0.2, 0) is 16.1 Å². The number of anilines is 3. The van der Waals surface area contributed by atoms with Crippen molar-refractivity contribution in [1.29, 1.82) is 0 Å². The number of aromatic nitrogens is 5. The molecule has 3 heterocycles. The lowest BCUT2D eigenvalue weighted by molar-refractivity contribution is -0.122. The standard InChI is InChI=1S/C22H30N10O2S/c1-3-24-19-27-20(25-4-2)32-21(28-19)29-30-22(32)35-13-17(33)26-15-9-6-5-8-14(15)12-31-11-7-10-16(31)18(23)34/h5-6,8-9,16H,3-4,7,10-13H2,1-2H3,(H2,23,34)(H,26,33)(H2,24,25,27,28,29). The van der Waals surface area contributed by atoms with Gasteiger partial charge in [0.25, 0.3) is 5.78 Å². The molecule has 1 aromatic carbocycles. The Morgan fingerprint density at radius 1 is 1.14 bits per heavy atom. The molecule has 0 bridgehead atoms. The number of nitrogens with one attached hydrogen (secondary N) is 3. The van der Waals surface area contributed by atoms with Gasteiger partial charge in [0.1, 0.15) is 0 Å². The van der Waals surface area contributed by atoms with Gasteiger partial charge in [-0.3, -0.25) is 14.5 Å². The van der Waals surface area contributed by atoms with Gasteiger partial charge in [-0.15, -0.1) is 10.2 Å². The van der Waals surface area contributed by atoms with Gasteiger partial charge in [-0.1, -0.05) is 30.0 Å². The molecule has 4 rings (SSSR count). The maximum atomic E-state index is 12.8. The lowest BCUT2D eigenvalue weighted by atomic mass is 10.1. The highest BCUT2D eigenvalue weighted by atomic mass is 32.2. The monoisotopic (exact) mass is 498 g/mol. The van der Waals surface area contributed by atoms with Crippen LogP contribution in [0.4, 0.5) is 17.6 Å². The van der Waals surface area contributed by atoms with Gasteiger partial charge in [-0.2, -0.15) is 9.97 Å². The van der Waals surface area contributed by atoms with Crippen LogP contribution in [0.3, 0.4) is 0 Å². The van der Waals surface area contributed by atoms with Crippen LogP contribution in [0.5, 0.6) is 0 Å². The van der Waals surface area contributed by atoms with E-state index in [0.717, 1.165) is 24.9 Å². The lowest BCUT2D eigenvalue weighted by Crippen LogP contribution is -2.39. The molecule has 1 fully saturated rings. The SMILES string of the molecule is CCNc1nc(NCC)n2c(SCC(=O)Nc3ccccc3CN3CCCC3C(N)=O)nnc2n1. The molecule has 1 aliphatic heterocycles. The zero-order valence-electron chi connectivity index (χ0n) is 19.8. The second-order valence-corrected chi connectivity index (χ2v) is 9.02. The molecular formula is C22H30N10O2S. The third-order valence-electron chi connectivity index (χ3n) is 5.60. The van der Waals surface area contributed by atoms with Crippen LogP contribution in [0.25, 0.3) is 5.78 Å². The summed E-state index contributed by atoms with van der Waals surface area (Å²) >= 11 is 1.25. The minimum Gasteiger partial charge on any atom is -0.368 e. The van der Waals surface area contributed by atoms with Crippen molar-refractivity contribution < 1.29 is 9.59 Å². The van der Waals surface area contributed by atoms with Gasteiger partial charge in [0.2, 0.25) is 23.7 Å². The maximum Gasteiger partial charge on any atom is 0.261 e. The molecule has 5 N–H and O–H groups in total. The second kappa shape index (κ2) is 11.3. The molecule has 3 aromatic rings. The summed E-state index contributed by atoms with van der Waals surface area (Å²) < 4.78 is 1.70. The third kappa shape index (κ3) is 5.80. The van der Waals surface area contributed by atoms with E-state index < -0.39 is 0 Å². The van der Waals surface area contributed by atoms with E-state index in [0.29, 0.717) is 48.2 Å². The van der Waals surface area contributed by atoms with Crippen LogP contribution in [-0.4, -0.2) is 72.7 Å². The number of carbonyl (C=O) groups is 2. The molecule has 13 heteroatoms. The number of para-hydroxylation sites is 1. The first-order valence-electron chi connectivity index (χ1n) is 11.6. The molecule has 0 aliphatic carbocycles. The number of nitrogens with two attached hydrogens (primary N) is 1. The molecule has 0 spiro atoms. The Kier molecular flexibility index (Phi) is 7.98. The van der Waals surface area contributed by atoms with Gasteiger partial charge in [-0.25, -0.2) is 4.40 Å². The number of carbonyl (C=O) groups excluding carboxylic acids is 2. The molecule has 2 aromatic heterocycles. The summed E-state index contributed by atoms with van der Waals surface area (Å²) in [5.74, 6) is 1.06. The minimum atomic E-state index is -0.306. The Balaban J connectivity index is 1.44. The number of likely N-dealkylation sites (tertiary alicyclic amines) is 1. The number of rotatable bonds is 11. The predicted molar refractivity (Wildman–Crippen MR) is 135 cm³/mol. The van der Waals surface area contributed by atoms with Gasteiger partial charge < -0.3 is 21.7 Å². The Morgan fingerprint density at radius 3 is 2.71 bits per heavy atom. The fourth-order valence-corrected chi connectivity index (χ4v) is 4.78. The predicted octanol–water partition coefficient (Wildman–Crippen LogP) is 1.56. The number of hydrogen-bond acceptors (Lipinski definition) is 10. The van der Waals surface area contributed by atoms with E-state index in [1.165, 1.54) is 11.8 Å². The third-order valence-corrected chi connectivity index (χ3v) is 6.53. The number of amides is 2. The van der Waals surface area contributed by atoms with Gasteiger partial charge in [-0.05, 0) is 44.9 Å². The summed E-state index contributed by atoms with van der Waals surface area (Å²) in [7, 11) is 0. The molecule has 12 nitrogen and oxygen atoms in total. The first-order valence-corrected chi connectivity index (χ1v) is 12.6. The summed E-state index contributed by atoms with van der Waals surface area (Å²) in [6.07, 6.45) is 1.70. The highest BCUT2D eigenvalue weighted by Crippen LogP contribution is 2.25. The number of thioether (sulfide) groups is 1. The Bertz CT molecular complexity index is 1200. The Labute approximate surface area is 207 Å². The van der Waals surface area contributed by atoms with E-state index in [4.69, 9.17) is 5.73 Å². The van der Waals surface area contributed by atoms with Crippen molar-refractivity contribution >= 4 is 46.9 Å². The number of nitrogens with zero attached hydrogens (tertiary/aromatic N) is 6. The molecule has 1 unspecified atom stereocenters. The van der Waals surface area contributed by atoms with Crippen LogP contribution >= 0.6 is 11.8 Å². The number of benzene rings is 1. The minimum absolute atomic E-state index is 0.128. The normalized spacial score (nSPS) is 15.9. The quantitative estimate of drug-likeness (QED) is 0.286. The lowest BCUT2D eigenvalue weighted by Gasteiger charge is -2.23. The van der Waals surface area contributed by atoms with E-state index in [1.807, 2.05) is 38.1 Å². The summed E-state index contributed by atoms with van der Waals surface area (Å²) in [5.41, 5.74) is 7.21. The second-order valence-electron chi connectivity index (χ2n) is 8.07. The van der Waals surface area contributed by atoms with Gasteiger partial charge in [0.05, 0.1) is 11.8 Å². The zero-order valence-corrected chi connectivity index (χ0v) is 20.6. The molecule has 35 heavy (non-hydrogen) atoms. The summed E-state index contributed by atoms with van der Waals surface area (Å²) in [6.45, 7) is 6.62. The molecule has 1 aliphatic rings. The fourth-order valence-electron chi connectivity index (χ4n) is 4.05. The van der Waals surface area contributed by atoms with Crippen LogP contribution in [0.15, 0.2) is 29.4 Å². The molecule has 1 atom stereocenters. The summed E-state index contributed by atoms with van der Waals surface area (Å²) in [4.78, 5) is 35.5. The van der Waals surface area contributed by atoms with Crippen molar-refractivity contribution in [3.63, 3.8) is 0 Å². The average Bonchev–Trinajstić information content (AvgIpc) is 3.46. The first kappa shape index (κ1) is 24.7. The highest BCUT2D eigenvalue weighted by Gasteiger charge is 2.29. The van der Waals surface area contributed by atoms with Gasteiger partial charge in [0.15, 0.2) is 5.16 Å². The average molecular weight is 499 g/mol. The smallest absolute Gasteiger partial charge is 0.261 e. The Hall–Kier alpha value is -3.45. The number of hydrogen-bond donors (Lipinski definition) is 4. The zero-order chi connectivity index (χ0) is 24.8. The van der Waals surface area contributed by atoms with Crippen molar-refractivity contribution in [2.45, 2.75) is 44.4 Å². The van der Waals surface area contributed by atoms with E-state index in [-0.39, 0.29) is 23.6 Å². The van der Waals surface area contributed by atoms with Crippen molar-refractivity contribution in [2.24, 2.45) is 5.73 Å². The topological polar surface area (TPSA) is 155 Å². The number of primary amides is 1. The number of fused-ring (bicyclic) bond motifs is 1. The largest absolute Gasteiger partial charge is 0.368 e. The van der Waals surface area contributed by atoms with Crippen LogP contribution in [0, 0.1) is 0 Å². The van der Waals surface area contributed by atoms with E-state index in [1.54, 1.807) is 4.40 Å². The van der Waals surface area contributed by atoms with Gasteiger partial charge in [0, 0.05) is 25.3 Å². The molecule has 0 saturated carbocycles. The molecule has 186 valence electrons. The highest BCUT2D eigenvalue weighted by molar-refractivity contribution is 7.99. The van der Waals surface area contributed by atoms with Crippen LogP contribution < -0.4 is 21.7 Å².